The molecule has 3 amide bonds. The number of amides is 3. The molecule has 0 radical (unpaired) electrons. The van der Waals surface area contributed by atoms with Gasteiger partial charge in [0, 0.05) is 68.6 Å². The van der Waals surface area contributed by atoms with E-state index in [4.69, 9.17) is 0 Å². The van der Waals surface area contributed by atoms with Gasteiger partial charge in [0.15, 0.2) is 0 Å². The zero-order valence-corrected chi connectivity index (χ0v) is 25.5. The fourth-order valence-electron chi connectivity index (χ4n) is 6.53. The number of piperidine rings is 2. The zero-order chi connectivity index (χ0) is 32.9. The molecule has 2 fully saturated rings. The molecule has 1 unspecified atom stereocenters. The van der Waals surface area contributed by atoms with E-state index in [1.165, 1.54) is 29.3 Å². The molecule has 2 aromatic carbocycles. The van der Waals surface area contributed by atoms with Gasteiger partial charge in [-0.2, -0.15) is 13.2 Å². The third-order valence-electron chi connectivity index (χ3n) is 9.32. The first kappa shape index (κ1) is 32.5. The number of rotatable bonds is 6. The molecule has 2 aliphatic rings. The topological polar surface area (TPSA) is 103 Å². The van der Waals surface area contributed by atoms with Crippen molar-refractivity contribution in [3.8, 4) is 0 Å². The number of fused-ring (bicyclic) bond motifs is 1. The lowest BCUT2D eigenvalue weighted by Gasteiger charge is -2.52. The number of alkyl halides is 3. The van der Waals surface area contributed by atoms with Crippen molar-refractivity contribution in [1.29, 1.82) is 0 Å². The summed E-state index contributed by atoms with van der Waals surface area (Å²) in [6, 6.07) is 8.83. The summed E-state index contributed by atoms with van der Waals surface area (Å²) in [5, 5.41) is 14.6. The third-order valence-corrected chi connectivity index (χ3v) is 9.32. The van der Waals surface area contributed by atoms with E-state index in [1.807, 2.05) is 4.90 Å². The summed E-state index contributed by atoms with van der Waals surface area (Å²) in [4.78, 5) is 44.6. The number of benzene rings is 2. The monoisotopic (exact) mass is 628 g/mol. The van der Waals surface area contributed by atoms with Crippen molar-refractivity contribution in [3.05, 3.63) is 76.7 Å². The van der Waals surface area contributed by atoms with Crippen molar-refractivity contribution in [2.24, 2.45) is 5.41 Å². The van der Waals surface area contributed by atoms with Crippen molar-refractivity contribution in [1.82, 2.24) is 20.1 Å². The van der Waals surface area contributed by atoms with Gasteiger partial charge < -0.3 is 10.0 Å². The van der Waals surface area contributed by atoms with Gasteiger partial charge >= 0.3 is 6.18 Å². The van der Waals surface area contributed by atoms with Crippen LogP contribution in [0.15, 0.2) is 48.7 Å². The molecule has 3 aromatic rings. The minimum absolute atomic E-state index is 0.00595. The van der Waals surface area contributed by atoms with Crippen LogP contribution in [-0.2, 0) is 26.2 Å². The molecule has 0 spiro atoms. The van der Waals surface area contributed by atoms with Crippen LogP contribution in [0.2, 0.25) is 0 Å². The molecule has 0 bridgehead atoms. The highest BCUT2D eigenvalue weighted by Crippen LogP contribution is 2.49. The molecule has 5 rings (SSSR count). The van der Waals surface area contributed by atoms with Crippen LogP contribution in [0.25, 0.3) is 10.9 Å². The number of carbonyl (C=O) groups excluding carboxylic acids is 3. The van der Waals surface area contributed by atoms with Crippen LogP contribution in [-0.4, -0.2) is 64.8 Å². The summed E-state index contributed by atoms with van der Waals surface area (Å²) in [6.45, 7) is 4.02. The maximum Gasteiger partial charge on any atom is 0.416 e. The average molecular weight is 629 g/mol. The number of nitrogens with one attached hydrogen (secondary N) is 1. The average Bonchev–Trinajstić information content (AvgIpc) is 2.97. The Morgan fingerprint density at radius 1 is 1.16 bits per heavy atom. The van der Waals surface area contributed by atoms with Crippen LogP contribution in [0.1, 0.15) is 73.7 Å². The van der Waals surface area contributed by atoms with E-state index in [2.05, 4.69) is 10.3 Å². The Bertz CT molecular complexity index is 1640. The summed E-state index contributed by atoms with van der Waals surface area (Å²) in [5.74, 6) is -2.36. The minimum atomic E-state index is -4.50. The number of likely N-dealkylation sites (tertiary alicyclic amines) is 1. The fourth-order valence-corrected chi connectivity index (χ4v) is 6.53. The van der Waals surface area contributed by atoms with Gasteiger partial charge in [-0.1, -0.05) is 32.0 Å². The molecule has 1 aromatic heterocycles. The van der Waals surface area contributed by atoms with E-state index in [-0.39, 0.29) is 61.5 Å². The summed E-state index contributed by atoms with van der Waals surface area (Å²) in [5.41, 5.74) is -2.01. The highest BCUT2D eigenvalue weighted by Gasteiger charge is 2.51. The Balaban J connectivity index is 1.47. The quantitative estimate of drug-likeness (QED) is 0.293. The molecule has 2 N–H and O–H groups in total. The van der Waals surface area contributed by atoms with E-state index in [9.17, 15) is 32.7 Å². The number of halogens is 4. The zero-order valence-electron chi connectivity index (χ0n) is 25.5. The van der Waals surface area contributed by atoms with Gasteiger partial charge in [0.05, 0.1) is 22.6 Å². The molecule has 8 nitrogen and oxygen atoms in total. The van der Waals surface area contributed by atoms with Gasteiger partial charge in [-0.25, -0.2) is 4.39 Å². The predicted molar refractivity (Wildman–Crippen MR) is 158 cm³/mol. The number of aromatic nitrogens is 1. The first-order chi connectivity index (χ1) is 21.0. The lowest BCUT2D eigenvalue weighted by atomic mass is 9.65. The Morgan fingerprint density at radius 2 is 1.84 bits per heavy atom. The third kappa shape index (κ3) is 6.17. The smallest absolute Gasteiger partial charge is 0.384 e. The Labute approximate surface area is 258 Å². The van der Waals surface area contributed by atoms with Crippen molar-refractivity contribution in [3.63, 3.8) is 0 Å². The van der Waals surface area contributed by atoms with E-state index >= 15 is 4.39 Å². The number of hydrogen-bond acceptors (Lipinski definition) is 6. The fraction of sp³-hybridized carbons (Fsp3) is 0.455. The van der Waals surface area contributed by atoms with Crippen molar-refractivity contribution < 1.29 is 37.1 Å². The van der Waals surface area contributed by atoms with E-state index in [0.717, 1.165) is 12.1 Å². The summed E-state index contributed by atoms with van der Waals surface area (Å²) < 4.78 is 56.1. The Morgan fingerprint density at radius 3 is 2.44 bits per heavy atom. The first-order valence-electron chi connectivity index (χ1n) is 14.8. The van der Waals surface area contributed by atoms with E-state index < -0.39 is 46.4 Å². The first-order valence-corrected chi connectivity index (χ1v) is 14.8. The number of pyridine rings is 1. The second kappa shape index (κ2) is 11.8. The van der Waals surface area contributed by atoms with E-state index in [1.54, 1.807) is 40.1 Å². The summed E-state index contributed by atoms with van der Waals surface area (Å²) in [7, 11) is 3.21. The standard InChI is InChI=1S/C33H36F4N4O4/c1-31(2)18-41(26(16-28(43)40(3)4)19-5-7-21(8-6-19)33(35,36)37)14-13-32(31,45)24-10-11-25-23(29(24)34)15-20(17-38-25)22-9-12-27(42)39-30(22)44/h5-8,10-11,15,17,22,26,45H,9,12-14,16,18H2,1-4H3,(H,39,42,44)/t22?,26-,32+/m0/s1. The van der Waals surface area contributed by atoms with Gasteiger partial charge in [-0.05, 0) is 48.2 Å². The van der Waals surface area contributed by atoms with E-state index in [0.29, 0.717) is 16.6 Å². The molecule has 2 saturated heterocycles. The number of nitrogens with zero attached hydrogens (tertiary/aromatic N) is 3. The lowest BCUT2D eigenvalue weighted by molar-refractivity contribution is -0.141. The van der Waals surface area contributed by atoms with Crippen LogP contribution in [0.4, 0.5) is 17.6 Å². The SMILES string of the molecule is CN(C)C(=O)C[C@@H](c1ccc(C(F)(F)F)cc1)N1CC[C@@](O)(c2ccc3ncc(C4CCC(=O)NC4=O)cc3c2F)C(C)(C)C1. The van der Waals surface area contributed by atoms with Gasteiger partial charge in [-0.15, -0.1) is 0 Å². The number of aliphatic hydroxyl groups is 1. The molecule has 3 heterocycles. The maximum atomic E-state index is 16.4. The molecule has 2 aliphatic heterocycles. The molecular formula is C33H36F4N4O4. The Hall–Kier alpha value is -3.90. The number of imide groups is 1. The second-order valence-corrected chi connectivity index (χ2v) is 12.9. The molecule has 3 atom stereocenters. The summed E-state index contributed by atoms with van der Waals surface area (Å²) >= 11 is 0. The molecule has 12 heteroatoms. The van der Waals surface area contributed by atoms with Gasteiger partial charge in [0.2, 0.25) is 17.7 Å². The largest absolute Gasteiger partial charge is 0.416 e. The number of carbonyl (C=O) groups is 3. The molecule has 0 aliphatic carbocycles. The number of hydrogen-bond donors (Lipinski definition) is 2. The van der Waals surface area contributed by atoms with Gasteiger partial charge in [-0.3, -0.25) is 29.6 Å². The van der Waals surface area contributed by atoms with Crippen LogP contribution in [0.3, 0.4) is 0 Å². The predicted octanol–water partition coefficient (Wildman–Crippen LogP) is 5.05. The van der Waals surface area contributed by atoms with Crippen LogP contribution in [0, 0.1) is 11.2 Å². The Kier molecular flexibility index (Phi) is 8.52. The molecular weight excluding hydrogens is 592 g/mol. The van der Waals surface area contributed by atoms with Crippen molar-refractivity contribution in [2.75, 3.05) is 27.2 Å². The molecule has 45 heavy (non-hydrogen) atoms. The van der Waals surface area contributed by atoms with Crippen LogP contribution >= 0.6 is 0 Å². The second-order valence-electron chi connectivity index (χ2n) is 12.9. The van der Waals surface area contributed by atoms with Crippen LogP contribution < -0.4 is 5.32 Å². The van der Waals surface area contributed by atoms with Gasteiger partial charge in [0.25, 0.3) is 0 Å². The molecule has 240 valence electrons. The minimum Gasteiger partial charge on any atom is -0.384 e. The summed E-state index contributed by atoms with van der Waals surface area (Å²) in [6.07, 6.45) is -2.48. The maximum absolute atomic E-state index is 16.4. The van der Waals surface area contributed by atoms with Crippen LogP contribution in [0.5, 0.6) is 0 Å². The highest BCUT2D eigenvalue weighted by atomic mass is 19.4. The molecule has 0 saturated carbocycles. The highest BCUT2D eigenvalue weighted by molar-refractivity contribution is 6.01. The normalized spacial score (nSPS) is 23.1. The van der Waals surface area contributed by atoms with Gasteiger partial charge in [0.1, 0.15) is 5.82 Å². The van der Waals surface area contributed by atoms with Crippen molar-refractivity contribution in [2.45, 2.75) is 63.3 Å². The lowest BCUT2D eigenvalue weighted by Crippen LogP contribution is -2.56. The van der Waals surface area contributed by atoms with Crippen molar-refractivity contribution >= 4 is 28.6 Å².